The van der Waals surface area contributed by atoms with Gasteiger partial charge in [0.2, 0.25) is 0 Å². The van der Waals surface area contributed by atoms with Crippen LogP contribution in [0.5, 0.6) is 5.75 Å². The van der Waals surface area contributed by atoms with Crippen LogP contribution in [0, 0.1) is 5.41 Å². The van der Waals surface area contributed by atoms with E-state index in [0.717, 1.165) is 54.2 Å². The van der Waals surface area contributed by atoms with Crippen molar-refractivity contribution in [1.82, 2.24) is 5.32 Å². The minimum absolute atomic E-state index is 0.179. The minimum Gasteiger partial charge on any atom is -0.468 e. The topological polar surface area (TPSA) is 84.9 Å². The maximum Gasteiger partial charge on any atom is 0.405 e. The monoisotopic (exact) mass is 381 g/mol. The van der Waals surface area contributed by atoms with Gasteiger partial charge in [-0.3, -0.25) is 0 Å². The molecule has 1 spiro atoms. The number of fused-ring (bicyclic) bond motifs is 1. The fourth-order valence-corrected chi connectivity index (χ4v) is 4.50. The average molecular weight is 381 g/mol. The Bertz CT molecular complexity index is 921. The molecule has 2 aliphatic rings. The summed E-state index contributed by atoms with van der Waals surface area (Å²) in [6, 6.07) is 13.6. The maximum atomic E-state index is 12.2. The van der Waals surface area contributed by atoms with Gasteiger partial charge < -0.3 is 24.7 Å². The van der Waals surface area contributed by atoms with Crippen molar-refractivity contribution in [3.8, 4) is 16.9 Å². The van der Waals surface area contributed by atoms with Crippen LogP contribution in [0.3, 0.4) is 0 Å². The molecule has 6 nitrogen and oxygen atoms in total. The van der Waals surface area contributed by atoms with E-state index in [4.69, 9.17) is 9.47 Å². The molecule has 1 fully saturated rings. The van der Waals surface area contributed by atoms with Crippen molar-refractivity contribution in [3.63, 3.8) is 0 Å². The molecule has 0 heterocycles. The van der Waals surface area contributed by atoms with Crippen LogP contribution in [-0.4, -0.2) is 31.4 Å². The van der Waals surface area contributed by atoms with Crippen molar-refractivity contribution in [2.45, 2.75) is 31.2 Å². The Labute approximate surface area is 163 Å². The number of amides is 1. The standard InChI is InChI=1S/C22H23NO5/c1-27-14-28-18-4-2-3-15(12-18)16-5-6-19-17(11-16)7-8-21(9-10-21)22(19,13-24)23-20(25)26/h2-6,11-13,23H,7-10,14H2,1H3,(H,25,26)/t22-/m1/s1. The SMILES string of the molecule is COCOc1cccc(-c2ccc3c(c2)CCC2(CC2)[C@]3(C=O)NC(=O)O)c1. The molecule has 4 rings (SSSR count). The Kier molecular flexibility index (Phi) is 4.59. The lowest BCUT2D eigenvalue weighted by Gasteiger charge is -2.42. The number of nitrogens with one attached hydrogen (secondary N) is 1. The summed E-state index contributed by atoms with van der Waals surface area (Å²) in [7, 11) is 1.57. The molecule has 2 aromatic carbocycles. The van der Waals surface area contributed by atoms with Crippen molar-refractivity contribution in [2.24, 2.45) is 5.41 Å². The summed E-state index contributed by atoms with van der Waals surface area (Å²) >= 11 is 0. The largest absolute Gasteiger partial charge is 0.468 e. The second-order valence-electron chi connectivity index (χ2n) is 7.59. The highest BCUT2D eigenvalue weighted by molar-refractivity contribution is 5.81. The van der Waals surface area contributed by atoms with E-state index in [2.05, 4.69) is 11.4 Å². The number of ether oxygens (including phenoxy) is 2. The number of benzene rings is 2. The second kappa shape index (κ2) is 6.95. The summed E-state index contributed by atoms with van der Waals surface area (Å²) < 4.78 is 10.5. The molecule has 1 saturated carbocycles. The van der Waals surface area contributed by atoms with Crippen molar-refractivity contribution in [1.29, 1.82) is 0 Å². The zero-order chi connectivity index (χ0) is 19.8. The van der Waals surface area contributed by atoms with E-state index in [1.54, 1.807) is 7.11 Å². The number of carboxylic acid groups (broad SMARTS) is 1. The molecule has 0 unspecified atom stereocenters. The third-order valence-electron chi connectivity index (χ3n) is 6.08. The molecule has 28 heavy (non-hydrogen) atoms. The summed E-state index contributed by atoms with van der Waals surface area (Å²) in [5, 5.41) is 11.9. The predicted molar refractivity (Wildman–Crippen MR) is 103 cm³/mol. The zero-order valence-corrected chi connectivity index (χ0v) is 15.7. The molecule has 2 aliphatic carbocycles. The van der Waals surface area contributed by atoms with E-state index in [-0.39, 0.29) is 12.2 Å². The van der Waals surface area contributed by atoms with Gasteiger partial charge in [0.05, 0.1) is 0 Å². The summed E-state index contributed by atoms with van der Waals surface area (Å²) in [5.74, 6) is 0.712. The number of carbonyl (C=O) groups is 2. The first kappa shape index (κ1) is 18.5. The molecule has 2 N–H and O–H groups in total. The summed E-state index contributed by atoms with van der Waals surface area (Å²) in [4.78, 5) is 23.7. The quantitative estimate of drug-likeness (QED) is 0.588. The molecule has 146 valence electrons. The summed E-state index contributed by atoms with van der Waals surface area (Å²) in [6.07, 6.45) is 3.00. The highest BCUT2D eigenvalue weighted by Gasteiger charge is 2.63. The number of aryl methyl sites for hydroxylation is 1. The lowest BCUT2D eigenvalue weighted by molar-refractivity contribution is -0.116. The number of carbonyl (C=O) groups excluding carboxylic acids is 1. The van der Waals surface area contributed by atoms with Gasteiger partial charge in [-0.05, 0) is 60.1 Å². The average Bonchev–Trinajstić information content (AvgIpc) is 3.49. The highest BCUT2D eigenvalue weighted by Crippen LogP contribution is 2.63. The van der Waals surface area contributed by atoms with Gasteiger partial charge in [0.25, 0.3) is 0 Å². The van der Waals surface area contributed by atoms with Crippen molar-refractivity contribution >= 4 is 12.4 Å². The van der Waals surface area contributed by atoms with Crippen LogP contribution in [0.4, 0.5) is 4.79 Å². The second-order valence-corrected chi connectivity index (χ2v) is 7.59. The smallest absolute Gasteiger partial charge is 0.405 e. The molecule has 1 atom stereocenters. The van der Waals surface area contributed by atoms with Crippen molar-refractivity contribution in [3.05, 3.63) is 53.6 Å². The van der Waals surface area contributed by atoms with Gasteiger partial charge in [-0.1, -0.05) is 30.3 Å². The number of hydrogen-bond donors (Lipinski definition) is 2. The molecule has 6 heteroatoms. The Hall–Kier alpha value is -2.86. The van der Waals surface area contributed by atoms with E-state index in [1.165, 1.54) is 0 Å². The third-order valence-corrected chi connectivity index (χ3v) is 6.08. The van der Waals surface area contributed by atoms with Crippen LogP contribution in [-0.2, 0) is 21.5 Å². The first-order valence-electron chi connectivity index (χ1n) is 9.37. The first-order chi connectivity index (χ1) is 13.5. The normalized spacial score (nSPS) is 21.6. The fraction of sp³-hybridized carbons (Fsp3) is 0.364. The Morgan fingerprint density at radius 3 is 2.64 bits per heavy atom. The van der Waals surface area contributed by atoms with Gasteiger partial charge in [-0.15, -0.1) is 0 Å². The first-order valence-corrected chi connectivity index (χ1v) is 9.37. The molecule has 0 aromatic heterocycles. The van der Waals surface area contributed by atoms with Gasteiger partial charge in [0.1, 0.15) is 11.3 Å². The molecule has 0 radical (unpaired) electrons. The minimum atomic E-state index is -1.17. The van der Waals surface area contributed by atoms with Crippen molar-refractivity contribution < 1.29 is 24.2 Å². The lowest BCUT2D eigenvalue weighted by atomic mass is 9.67. The predicted octanol–water partition coefficient (Wildman–Crippen LogP) is 3.72. The third kappa shape index (κ3) is 2.94. The van der Waals surface area contributed by atoms with Crippen LogP contribution in [0.25, 0.3) is 11.1 Å². The molecule has 0 aliphatic heterocycles. The van der Waals surface area contributed by atoms with Crippen LogP contribution in [0.2, 0.25) is 0 Å². The Morgan fingerprint density at radius 1 is 1.18 bits per heavy atom. The van der Waals surface area contributed by atoms with E-state index < -0.39 is 11.6 Å². The molecule has 1 amide bonds. The Morgan fingerprint density at radius 2 is 1.96 bits per heavy atom. The molecule has 2 aromatic rings. The summed E-state index contributed by atoms with van der Waals surface area (Å²) in [6.45, 7) is 0.179. The van der Waals surface area contributed by atoms with Crippen LogP contribution >= 0.6 is 0 Å². The van der Waals surface area contributed by atoms with Gasteiger partial charge in [-0.2, -0.15) is 0 Å². The number of methoxy groups -OCH3 is 1. The van der Waals surface area contributed by atoms with E-state index in [9.17, 15) is 14.7 Å². The highest BCUT2D eigenvalue weighted by atomic mass is 16.7. The van der Waals surface area contributed by atoms with Gasteiger partial charge >= 0.3 is 6.09 Å². The van der Waals surface area contributed by atoms with Gasteiger partial charge in [-0.25, -0.2) is 4.79 Å². The van der Waals surface area contributed by atoms with E-state index >= 15 is 0 Å². The number of hydrogen-bond acceptors (Lipinski definition) is 4. The maximum absolute atomic E-state index is 12.2. The lowest BCUT2D eigenvalue weighted by Crippen LogP contribution is -2.55. The Balaban J connectivity index is 1.73. The van der Waals surface area contributed by atoms with Gasteiger partial charge in [0.15, 0.2) is 13.1 Å². The summed E-state index contributed by atoms with van der Waals surface area (Å²) in [5.41, 5.74) is 2.35. The van der Waals surface area contributed by atoms with Crippen LogP contribution < -0.4 is 10.1 Å². The molecular formula is C22H23NO5. The number of rotatable bonds is 6. The van der Waals surface area contributed by atoms with Gasteiger partial charge in [0, 0.05) is 12.5 Å². The van der Waals surface area contributed by atoms with Crippen LogP contribution in [0.15, 0.2) is 42.5 Å². The molecular weight excluding hydrogens is 358 g/mol. The van der Waals surface area contributed by atoms with Crippen molar-refractivity contribution in [2.75, 3.05) is 13.9 Å². The fourth-order valence-electron chi connectivity index (χ4n) is 4.50. The zero-order valence-electron chi connectivity index (χ0n) is 15.7. The number of aldehydes is 1. The van der Waals surface area contributed by atoms with Crippen LogP contribution in [0.1, 0.15) is 30.4 Å². The van der Waals surface area contributed by atoms with E-state index in [0.29, 0.717) is 5.75 Å². The molecule has 0 bridgehead atoms. The molecule has 0 saturated heterocycles. The van der Waals surface area contributed by atoms with E-state index in [1.807, 2.05) is 36.4 Å².